The fraction of sp³-hybridized carbons (Fsp3) is 0.300. The lowest BCUT2D eigenvalue weighted by atomic mass is 10.1. The van der Waals surface area contributed by atoms with E-state index in [2.05, 4.69) is 17.2 Å². The SMILES string of the molecule is Fc1ccc(F)c(C(CCCCl)=NS)c1. The Morgan fingerprint density at radius 1 is 1.40 bits per heavy atom. The van der Waals surface area contributed by atoms with Gasteiger partial charge in [-0.15, -0.1) is 11.6 Å². The molecular weight excluding hydrogens is 240 g/mol. The van der Waals surface area contributed by atoms with Crippen molar-refractivity contribution in [2.75, 3.05) is 5.88 Å². The highest BCUT2D eigenvalue weighted by atomic mass is 35.5. The summed E-state index contributed by atoms with van der Waals surface area (Å²) in [4.78, 5) is 0. The molecule has 1 aromatic rings. The van der Waals surface area contributed by atoms with Crippen molar-refractivity contribution in [1.29, 1.82) is 0 Å². The van der Waals surface area contributed by atoms with Gasteiger partial charge in [0, 0.05) is 11.4 Å². The first-order valence-corrected chi connectivity index (χ1v) is 5.34. The number of thiol groups is 1. The molecule has 1 nitrogen and oxygen atoms in total. The molecule has 1 aromatic carbocycles. The fourth-order valence-electron chi connectivity index (χ4n) is 1.19. The Kier molecular flexibility index (Phi) is 5.05. The molecule has 0 amide bonds. The molecule has 82 valence electrons. The highest BCUT2D eigenvalue weighted by Gasteiger charge is 2.10. The predicted molar refractivity (Wildman–Crippen MR) is 61.8 cm³/mol. The molecule has 0 radical (unpaired) electrons. The summed E-state index contributed by atoms with van der Waals surface area (Å²) in [7, 11) is 0. The first kappa shape index (κ1) is 12.5. The third kappa shape index (κ3) is 3.47. The van der Waals surface area contributed by atoms with Gasteiger partial charge in [-0.1, -0.05) is 0 Å². The van der Waals surface area contributed by atoms with Crippen LogP contribution in [0.25, 0.3) is 0 Å². The lowest BCUT2D eigenvalue weighted by Crippen LogP contribution is -2.04. The van der Waals surface area contributed by atoms with E-state index < -0.39 is 11.6 Å². The Labute approximate surface area is 97.7 Å². The summed E-state index contributed by atoms with van der Waals surface area (Å²) in [6.45, 7) is 0. The van der Waals surface area contributed by atoms with Crippen LogP contribution in [0.5, 0.6) is 0 Å². The standard InChI is InChI=1S/C10H10ClF2NS/c11-5-1-2-10(14-15)8-6-7(12)3-4-9(8)13/h3-4,6,15H,1-2,5H2. The molecule has 0 aromatic heterocycles. The summed E-state index contributed by atoms with van der Waals surface area (Å²) in [5.41, 5.74) is 0.561. The maximum Gasteiger partial charge on any atom is 0.132 e. The third-order valence-corrected chi connectivity index (χ3v) is 2.42. The van der Waals surface area contributed by atoms with E-state index in [1.54, 1.807) is 0 Å². The monoisotopic (exact) mass is 249 g/mol. The third-order valence-electron chi connectivity index (χ3n) is 1.91. The van der Waals surface area contributed by atoms with Gasteiger partial charge in [-0.25, -0.2) is 13.2 Å². The topological polar surface area (TPSA) is 12.4 Å². The number of nitrogens with zero attached hydrogens (tertiary/aromatic N) is 1. The largest absolute Gasteiger partial charge is 0.224 e. The zero-order valence-corrected chi connectivity index (χ0v) is 9.53. The van der Waals surface area contributed by atoms with Crippen molar-refractivity contribution in [2.45, 2.75) is 12.8 Å². The first-order chi connectivity index (χ1) is 7.19. The van der Waals surface area contributed by atoms with Gasteiger partial charge in [-0.3, -0.25) is 0 Å². The average molecular weight is 250 g/mol. The summed E-state index contributed by atoms with van der Waals surface area (Å²) in [6, 6.07) is 3.25. The van der Waals surface area contributed by atoms with Crippen molar-refractivity contribution in [1.82, 2.24) is 0 Å². The quantitative estimate of drug-likeness (QED) is 0.475. The smallest absolute Gasteiger partial charge is 0.132 e. The van der Waals surface area contributed by atoms with Crippen molar-refractivity contribution in [2.24, 2.45) is 4.40 Å². The van der Waals surface area contributed by atoms with Crippen molar-refractivity contribution < 1.29 is 8.78 Å². The van der Waals surface area contributed by atoms with Gasteiger partial charge in [0.2, 0.25) is 0 Å². The van der Waals surface area contributed by atoms with E-state index in [0.29, 0.717) is 24.4 Å². The maximum absolute atomic E-state index is 13.3. The minimum Gasteiger partial charge on any atom is -0.224 e. The van der Waals surface area contributed by atoms with Crippen LogP contribution < -0.4 is 0 Å². The highest BCUT2D eigenvalue weighted by molar-refractivity contribution is 7.79. The second-order valence-electron chi connectivity index (χ2n) is 2.96. The Balaban J connectivity index is 2.96. The molecule has 0 saturated carbocycles. The van der Waals surface area contributed by atoms with Gasteiger partial charge in [0.1, 0.15) is 11.6 Å². The van der Waals surface area contributed by atoms with Crippen LogP contribution in [0.2, 0.25) is 0 Å². The Morgan fingerprint density at radius 3 is 2.73 bits per heavy atom. The van der Waals surface area contributed by atoms with Gasteiger partial charge >= 0.3 is 0 Å². The minimum absolute atomic E-state index is 0.148. The lowest BCUT2D eigenvalue weighted by Gasteiger charge is -2.05. The number of halogens is 3. The second-order valence-corrected chi connectivity index (χ2v) is 3.54. The summed E-state index contributed by atoms with van der Waals surface area (Å²) >= 11 is 9.25. The lowest BCUT2D eigenvalue weighted by molar-refractivity contribution is 0.597. The normalized spacial score (nSPS) is 11.9. The van der Waals surface area contributed by atoms with E-state index in [1.165, 1.54) is 0 Å². The van der Waals surface area contributed by atoms with Crippen molar-refractivity contribution >= 4 is 30.1 Å². The van der Waals surface area contributed by atoms with Crippen LogP contribution in [-0.2, 0) is 0 Å². The van der Waals surface area contributed by atoms with Gasteiger partial charge in [-0.2, -0.15) is 0 Å². The molecule has 0 unspecified atom stereocenters. The van der Waals surface area contributed by atoms with Crippen LogP contribution in [0.1, 0.15) is 18.4 Å². The summed E-state index contributed by atoms with van der Waals surface area (Å²) in [5.74, 6) is -0.547. The second kappa shape index (κ2) is 6.08. The molecule has 0 bridgehead atoms. The maximum atomic E-state index is 13.3. The van der Waals surface area contributed by atoms with Gasteiger partial charge in [0.05, 0.1) is 5.71 Å². The predicted octanol–water partition coefficient (Wildman–Crippen LogP) is 3.62. The van der Waals surface area contributed by atoms with Gasteiger partial charge in [0.25, 0.3) is 0 Å². The Bertz CT molecular complexity index is 368. The van der Waals surface area contributed by atoms with Crippen molar-refractivity contribution in [3.63, 3.8) is 0 Å². The van der Waals surface area contributed by atoms with Crippen LogP contribution >= 0.6 is 24.4 Å². The van der Waals surface area contributed by atoms with Crippen molar-refractivity contribution in [3.8, 4) is 0 Å². The fourth-order valence-corrected chi connectivity index (χ4v) is 1.53. The van der Waals surface area contributed by atoms with Crippen LogP contribution in [-0.4, -0.2) is 11.6 Å². The van der Waals surface area contributed by atoms with Crippen molar-refractivity contribution in [3.05, 3.63) is 35.4 Å². The van der Waals surface area contributed by atoms with Crippen LogP contribution in [0.15, 0.2) is 22.6 Å². The van der Waals surface area contributed by atoms with E-state index in [9.17, 15) is 8.78 Å². The zero-order valence-electron chi connectivity index (χ0n) is 7.88. The molecule has 0 spiro atoms. The Morgan fingerprint density at radius 2 is 2.13 bits per heavy atom. The van der Waals surface area contributed by atoms with Crippen LogP contribution in [0.3, 0.4) is 0 Å². The molecule has 0 N–H and O–H groups in total. The summed E-state index contributed by atoms with van der Waals surface area (Å²) in [6.07, 6.45) is 1.13. The van der Waals surface area contributed by atoms with Gasteiger partial charge in [0.15, 0.2) is 0 Å². The minimum atomic E-state index is -0.501. The van der Waals surface area contributed by atoms with E-state index in [4.69, 9.17) is 11.6 Å². The molecule has 0 saturated heterocycles. The van der Waals surface area contributed by atoms with E-state index in [1.807, 2.05) is 0 Å². The van der Waals surface area contributed by atoms with Gasteiger partial charge in [-0.05, 0) is 43.9 Å². The molecule has 0 atom stereocenters. The number of rotatable bonds is 4. The van der Waals surface area contributed by atoms with Gasteiger partial charge < -0.3 is 0 Å². The Hall–Kier alpha value is -0.610. The molecule has 15 heavy (non-hydrogen) atoms. The van der Waals surface area contributed by atoms with Crippen LogP contribution in [0, 0.1) is 11.6 Å². The molecule has 0 aliphatic heterocycles. The number of benzene rings is 1. The highest BCUT2D eigenvalue weighted by Crippen LogP contribution is 2.14. The van der Waals surface area contributed by atoms with Crippen LogP contribution in [0.4, 0.5) is 8.78 Å². The average Bonchev–Trinajstić information content (AvgIpc) is 2.24. The van der Waals surface area contributed by atoms with E-state index >= 15 is 0 Å². The zero-order chi connectivity index (χ0) is 11.3. The summed E-state index contributed by atoms with van der Waals surface area (Å²) in [5, 5.41) is 0. The van der Waals surface area contributed by atoms with E-state index in [0.717, 1.165) is 18.2 Å². The van der Waals surface area contributed by atoms with E-state index in [-0.39, 0.29) is 5.56 Å². The summed E-state index contributed by atoms with van der Waals surface area (Å²) < 4.78 is 29.9. The number of hydrogen-bond acceptors (Lipinski definition) is 2. The molecule has 0 heterocycles. The number of hydrogen-bond donors (Lipinski definition) is 1. The molecular formula is C10H10ClF2NS. The molecule has 5 heteroatoms. The molecule has 1 rings (SSSR count). The number of alkyl halides is 1. The molecule has 0 fully saturated rings. The molecule has 0 aliphatic carbocycles. The first-order valence-electron chi connectivity index (χ1n) is 4.41. The molecule has 0 aliphatic rings.